The number of allylic oxidation sites excluding steroid dienone is 1. The van der Waals surface area contributed by atoms with Crippen LogP contribution in [0.1, 0.15) is 119 Å². The summed E-state index contributed by atoms with van der Waals surface area (Å²) in [4.78, 5) is 85.7. The van der Waals surface area contributed by atoms with Crippen LogP contribution in [-0.4, -0.2) is 197 Å². The summed E-state index contributed by atoms with van der Waals surface area (Å²) in [6, 6.07) is 9.68. The minimum Gasteiger partial charge on any atom is -0.748 e. The number of amides is 5. The third kappa shape index (κ3) is 23.0. The number of aromatic nitrogens is 2. The molecule has 3 aromatic rings. The number of rotatable bonds is 39. The second kappa shape index (κ2) is 33.3. The molecule has 2 fully saturated rings. The summed E-state index contributed by atoms with van der Waals surface area (Å²) in [5.41, 5.74) is 4.31. The van der Waals surface area contributed by atoms with E-state index in [0.29, 0.717) is 107 Å². The highest BCUT2D eigenvalue weighted by molar-refractivity contribution is 7.94. The molecule has 3 aliphatic rings. The summed E-state index contributed by atoms with van der Waals surface area (Å²) in [6.07, 6.45) is 11.4. The van der Waals surface area contributed by atoms with Crippen molar-refractivity contribution >= 4 is 76.8 Å². The number of aromatic amines is 1. The fourth-order valence-corrected chi connectivity index (χ4v) is 12.5. The molecule has 0 spiro atoms. The molecule has 0 saturated carbocycles. The maximum atomic E-state index is 17.6. The van der Waals surface area contributed by atoms with E-state index in [0.717, 1.165) is 59.5 Å². The maximum Gasteiger partial charge on any atom is 0.664 e. The molecule has 6 atom stereocenters. The SMILES string of the molecule is Cc1ccc(-c2cc(CCC[N+](C)(C)C)c3n2[B-](F)(F)[NH+]2C(=C3)C(CCCS(=O)(=O)[O-])CC2/C=C/c2ccc(OCCCC(=O)NC(CSOO[O-])C(=O)NC(CCCC[N+](C)(C)C)C(=O)NCC[NH+](C)CCCCCC(=O)ON3C(=O)CCC3=O)cc2)[nH]1. The van der Waals surface area contributed by atoms with E-state index >= 15 is 8.63 Å². The van der Waals surface area contributed by atoms with Crippen molar-refractivity contribution in [2.75, 3.05) is 100 Å². The van der Waals surface area contributed by atoms with Gasteiger partial charge in [0, 0.05) is 85.4 Å². The lowest BCUT2D eigenvalue weighted by molar-refractivity contribution is -0.878. The summed E-state index contributed by atoms with van der Waals surface area (Å²) in [6.45, 7) is 0.911. The molecule has 3 aliphatic heterocycles. The average molecular weight is 1290 g/mol. The van der Waals surface area contributed by atoms with Crippen LogP contribution in [0, 0.1) is 12.8 Å². The molecule has 29 heteroatoms. The van der Waals surface area contributed by atoms with Crippen molar-refractivity contribution in [3.8, 4) is 17.1 Å². The molecule has 1 aromatic carbocycles. The number of imide groups is 1. The fourth-order valence-electron chi connectivity index (χ4n) is 11.5. The number of carbonyl (C=O) groups is 6. The van der Waals surface area contributed by atoms with Crippen LogP contribution < -0.4 is 35.7 Å². The van der Waals surface area contributed by atoms with Gasteiger partial charge in [0.05, 0.1) is 122 Å². The zero-order chi connectivity index (χ0) is 65.1. The molecule has 2 saturated heterocycles. The molecule has 6 N–H and O–H groups in total. The Labute approximate surface area is 526 Å². The summed E-state index contributed by atoms with van der Waals surface area (Å²) in [7, 11) is 9.90. The van der Waals surface area contributed by atoms with Crippen molar-refractivity contribution < 1.29 is 93.2 Å². The second-order valence-electron chi connectivity index (χ2n) is 25.7. The smallest absolute Gasteiger partial charge is 0.664 e. The van der Waals surface area contributed by atoms with Gasteiger partial charge in [0.2, 0.25) is 17.7 Å². The van der Waals surface area contributed by atoms with Crippen LogP contribution in [0.3, 0.4) is 0 Å². The van der Waals surface area contributed by atoms with E-state index in [1.54, 1.807) is 36.4 Å². The van der Waals surface area contributed by atoms with Crippen LogP contribution in [-0.2, 0) is 59.5 Å². The molecule has 494 valence electrons. The van der Waals surface area contributed by atoms with Crippen molar-refractivity contribution in [1.82, 2.24) is 30.5 Å². The monoisotopic (exact) mass is 1290 g/mol. The van der Waals surface area contributed by atoms with E-state index in [1.807, 2.05) is 38.2 Å². The van der Waals surface area contributed by atoms with Gasteiger partial charge in [-0.1, -0.05) is 18.2 Å². The predicted octanol–water partition coefficient (Wildman–Crippen LogP) is 2.00. The number of hydrogen-bond donors (Lipinski definition) is 6. The first-order chi connectivity index (χ1) is 42.0. The number of hydroxylamine groups is 2. The molecular weight excluding hydrogens is 1200 g/mol. The first-order valence-electron chi connectivity index (χ1n) is 30.8. The first-order valence-corrected chi connectivity index (χ1v) is 33.3. The Hall–Kier alpha value is -6.02. The lowest BCUT2D eigenvalue weighted by Crippen LogP contribution is -3.23. The molecular formula is C60H92BF2N10O14S2+. The third-order valence-electron chi connectivity index (χ3n) is 16.1. The Balaban J connectivity index is 1.02. The van der Waals surface area contributed by atoms with Gasteiger partial charge in [-0.05, 0) is 119 Å². The van der Waals surface area contributed by atoms with Crippen LogP contribution in [0.2, 0.25) is 0 Å². The number of H-pyrrole nitrogens is 1. The normalized spacial score (nSPS) is 18.5. The van der Waals surface area contributed by atoms with Crippen LogP contribution in [0.4, 0.5) is 8.63 Å². The van der Waals surface area contributed by atoms with Crippen LogP contribution in [0.15, 0.2) is 54.2 Å². The molecule has 5 amide bonds. The summed E-state index contributed by atoms with van der Waals surface area (Å²) >= 11 is 0.511. The highest BCUT2D eigenvalue weighted by Crippen LogP contribution is 2.38. The highest BCUT2D eigenvalue weighted by atomic mass is 32.2. The van der Waals surface area contributed by atoms with E-state index in [2.05, 4.69) is 72.6 Å². The van der Waals surface area contributed by atoms with Crippen molar-refractivity contribution in [3.05, 3.63) is 76.8 Å². The number of benzene rings is 1. The molecule has 6 rings (SSSR count). The van der Waals surface area contributed by atoms with Gasteiger partial charge in [-0.2, -0.15) is 4.33 Å². The van der Waals surface area contributed by atoms with E-state index in [1.165, 1.54) is 4.48 Å². The molecule has 6 unspecified atom stereocenters. The number of fused-ring (bicyclic) bond motifs is 2. The van der Waals surface area contributed by atoms with Gasteiger partial charge in [0.15, 0.2) is 0 Å². The van der Waals surface area contributed by atoms with E-state index in [-0.39, 0.29) is 62.1 Å². The summed E-state index contributed by atoms with van der Waals surface area (Å²) < 4.78 is 83.2. The number of quaternary nitrogens is 4. The molecule has 0 bridgehead atoms. The predicted molar refractivity (Wildman–Crippen MR) is 329 cm³/mol. The number of unbranched alkanes of at least 4 members (excludes halogenated alkanes) is 3. The van der Waals surface area contributed by atoms with E-state index in [4.69, 9.17) is 9.57 Å². The minimum atomic E-state index is -4.51. The Morgan fingerprint density at radius 3 is 2.26 bits per heavy atom. The minimum absolute atomic E-state index is 0.00834. The highest BCUT2D eigenvalue weighted by Gasteiger charge is 2.57. The van der Waals surface area contributed by atoms with E-state index in [9.17, 15) is 47.0 Å². The van der Waals surface area contributed by atoms with Crippen molar-refractivity contribution in [3.63, 3.8) is 0 Å². The number of nitrogens with one attached hydrogen (secondary N) is 6. The van der Waals surface area contributed by atoms with Crippen molar-refractivity contribution in [2.24, 2.45) is 5.92 Å². The molecule has 89 heavy (non-hydrogen) atoms. The van der Waals surface area contributed by atoms with Gasteiger partial charge in [-0.15, -0.1) is 5.06 Å². The lowest BCUT2D eigenvalue weighted by atomic mass is 9.86. The summed E-state index contributed by atoms with van der Waals surface area (Å²) in [5, 5.41) is 23.1. The number of likely N-dealkylation sites (N-methyl/N-ethyl adjacent to an activating group) is 1. The van der Waals surface area contributed by atoms with Crippen LogP contribution >= 0.6 is 12.0 Å². The average Bonchev–Trinajstić information content (AvgIpc) is 1.60. The van der Waals surface area contributed by atoms with Crippen LogP contribution in [0.5, 0.6) is 5.75 Å². The van der Waals surface area contributed by atoms with Gasteiger partial charge in [-0.25, -0.2) is 13.2 Å². The standard InChI is InChI=1S/C60H91BF2N10O14S2/c1-43-22-29-49(65-43)54-40-46(17-14-36-73(6,7)8)53-41-52-45(18-16-38-89(81,82)83)39-47(69(52)61(62,63)70(53)54)26-23-44-24-27-48(28-25-44)84-37-15-20-55(74)66-51(42-88-87-86-80)60(79)67-50(19-11-13-35-72(3,4)5)59(78)64-32-34-68(2)33-12-9-10-21-58(77)85-71-56(75)30-31-57(71)76/h22-29,40-41,45,47,50-51,65,69H,9-21,30-39,42H2,1-8H3,(H3-2,64,66,67,74,78,79,80,81,82,83)/p+1/b26-23+. The number of halogens is 2. The molecule has 0 radical (unpaired) electrons. The molecule has 24 nitrogen and oxygen atoms in total. The Kier molecular flexibility index (Phi) is 27.0. The topological polar surface area (TPSA) is 289 Å². The molecule has 0 aliphatic carbocycles. The van der Waals surface area contributed by atoms with E-state index < -0.39 is 82.4 Å². The van der Waals surface area contributed by atoms with Gasteiger partial charge in [0.1, 0.15) is 17.8 Å². The number of ether oxygens (including phenoxy) is 1. The molecule has 2 aromatic heterocycles. The van der Waals surface area contributed by atoms with Gasteiger partial charge in [0.25, 0.3) is 11.8 Å². The van der Waals surface area contributed by atoms with Crippen LogP contribution in [0.25, 0.3) is 23.5 Å². The summed E-state index contributed by atoms with van der Waals surface area (Å²) in [5.74, 6) is -3.99. The lowest BCUT2D eigenvalue weighted by Gasteiger charge is -2.41. The zero-order valence-corrected chi connectivity index (χ0v) is 54.3. The number of carbonyl (C=O) groups excluding carboxylic acids is 6. The fraction of sp³-hybridized carbons (Fsp3) is 0.600. The second-order valence-corrected chi connectivity index (χ2v) is 27.9. The van der Waals surface area contributed by atoms with Gasteiger partial charge in [-0.3, -0.25) is 29.0 Å². The van der Waals surface area contributed by atoms with Crippen molar-refractivity contribution in [1.29, 1.82) is 0 Å². The number of hydrogen-bond acceptors (Lipinski definition) is 15. The largest absolute Gasteiger partial charge is 0.748 e. The zero-order valence-electron chi connectivity index (χ0n) is 52.7. The number of nitrogens with zero attached hydrogens (tertiary/aromatic N) is 4. The Morgan fingerprint density at radius 2 is 1.60 bits per heavy atom. The van der Waals surface area contributed by atoms with Gasteiger partial charge >= 0.3 is 12.9 Å². The Bertz CT molecular complexity index is 3040. The quantitative estimate of drug-likeness (QED) is 0.00696. The number of aryl methyl sites for hydroxylation is 2. The Morgan fingerprint density at radius 1 is 0.888 bits per heavy atom. The van der Waals surface area contributed by atoms with Crippen molar-refractivity contribution in [2.45, 2.75) is 128 Å². The molecule has 5 heterocycles. The third-order valence-corrected chi connectivity index (χ3v) is 17.5. The maximum absolute atomic E-state index is 17.6. The van der Waals surface area contributed by atoms with Gasteiger partial charge < -0.3 is 72.1 Å². The first kappa shape index (κ1) is 72.1.